The Morgan fingerprint density at radius 3 is 2.75 bits per heavy atom. The Hall–Kier alpha value is -2.44. The van der Waals surface area contributed by atoms with Crippen molar-refractivity contribution < 1.29 is 4.79 Å². The average molecular weight is 274 g/mol. The molecule has 0 saturated heterocycles. The van der Waals surface area contributed by atoms with Gasteiger partial charge in [0.25, 0.3) is 5.91 Å². The van der Waals surface area contributed by atoms with Crippen LogP contribution in [0.1, 0.15) is 23.0 Å². The van der Waals surface area contributed by atoms with E-state index in [9.17, 15) is 4.79 Å². The predicted octanol–water partition coefficient (Wildman–Crippen LogP) is 0.614. The quantitative estimate of drug-likeness (QED) is 0.806. The van der Waals surface area contributed by atoms with E-state index in [4.69, 9.17) is 0 Å². The van der Waals surface area contributed by atoms with Crippen molar-refractivity contribution in [1.29, 1.82) is 0 Å². The second-order valence-electron chi connectivity index (χ2n) is 4.35. The van der Waals surface area contributed by atoms with Crippen LogP contribution >= 0.6 is 0 Å². The number of amides is 1. The standard InChI is InChI=1S/C13H18N6O/c1-3-14-12-8-16-11(7-17-12)13(20)15-5-4-10-6-18-19(2)9-10/h6-9H,3-5H2,1-2H3,(H,14,17)(H,15,20). The minimum Gasteiger partial charge on any atom is -0.369 e. The van der Waals surface area contributed by atoms with Crippen LogP contribution in [0.15, 0.2) is 24.8 Å². The lowest BCUT2D eigenvalue weighted by atomic mass is 10.2. The Bertz CT molecular complexity index is 562. The molecule has 2 aromatic rings. The molecule has 0 spiro atoms. The largest absolute Gasteiger partial charge is 0.369 e. The van der Waals surface area contributed by atoms with Gasteiger partial charge in [0.05, 0.1) is 18.6 Å². The topological polar surface area (TPSA) is 84.7 Å². The van der Waals surface area contributed by atoms with Crippen LogP contribution in [0.2, 0.25) is 0 Å². The first-order valence-electron chi connectivity index (χ1n) is 6.50. The summed E-state index contributed by atoms with van der Waals surface area (Å²) in [6.07, 6.45) is 7.48. The van der Waals surface area contributed by atoms with Crippen molar-refractivity contribution in [2.45, 2.75) is 13.3 Å². The third kappa shape index (κ3) is 3.78. The van der Waals surface area contributed by atoms with Gasteiger partial charge in [0.2, 0.25) is 0 Å². The van der Waals surface area contributed by atoms with Crippen LogP contribution in [0.25, 0.3) is 0 Å². The average Bonchev–Trinajstić information content (AvgIpc) is 2.85. The number of rotatable bonds is 6. The fourth-order valence-corrected chi connectivity index (χ4v) is 1.73. The van der Waals surface area contributed by atoms with Gasteiger partial charge < -0.3 is 10.6 Å². The minimum absolute atomic E-state index is 0.218. The molecule has 0 atom stereocenters. The number of anilines is 1. The first-order chi connectivity index (χ1) is 9.69. The molecule has 1 amide bonds. The predicted molar refractivity (Wildman–Crippen MR) is 75.4 cm³/mol. The first kappa shape index (κ1) is 14.0. The molecule has 0 aromatic carbocycles. The van der Waals surface area contributed by atoms with E-state index in [1.165, 1.54) is 6.20 Å². The van der Waals surface area contributed by atoms with Gasteiger partial charge in [0.15, 0.2) is 0 Å². The lowest BCUT2D eigenvalue weighted by molar-refractivity contribution is 0.0949. The van der Waals surface area contributed by atoms with E-state index in [0.717, 1.165) is 18.5 Å². The molecule has 0 saturated carbocycles. The van der Waals surface area contributed by atoms with Crippen molar-refractivity contribution in [3.05, 3.63) is 36.0 Å². The van der Waals surface area contributed by atoms with Crippen LogP contribution in [0.5, 0.6) is 0 Å². The van der Waals surface area contributed by atoms with Crippen molar-refractivity contribution in [3.8, 4) is 0 Å². The van der Waals surface area contributed by atoms with Gasteiger partial charge in [0, 0.05) is 26.3 Å². The molecule has 106 valence electrons. The molecule has 2 aromatic heterocycles. The van der Waals surface area contributed by atoms with Crippen molar-refractivity contribution in [2.24, 2.45) is 7.05 Å². The molecule has 0 aliphatic carbocycles. The summed E-state index contributed by atoms with van der Waals surface area (Å²) in [6.45, 7) is 3.28. The Balaban J connectivity index is 1.82. The Labute approximate surface area is 117 Å². The second kappa shape index (κ2) is 6.65. The van der Waals surface area contributed by atoms with Gasteiger partial charge in [-0.1, -0.05) is 0 Å². The highest BCUT2D eigenvalue weighted by Gasteiger charge is 2.07. The van der Waals surface area contributed by atoms with E-state index in [2.05, 4.69) is 25.7 Å². The van der Waals surface area contributed by atoms with E-state index in [-0.39, 0.29) is 5.91 Å². The highest BCUT2D eigenvalue weighted by Crippen LogP contribution is 2.01. The number of hydrogen-bond donors (Lipinski definition) is 2. The smallest absolute Gasteiger partial charge is 0.271 e. The summed E-state index contributed by atoms with van der Waals surface area (Å²) in [7, 11) is 1.86. The summed E-state index contributed by atoms with van der Waals surface area (Å²) in [5.41, 5.74) is 1.40. The van der Waals surface area contributed by atoms with Crippen molar-refractivity contribution >= 4 is 11.7 Å². The molecule has 0 aliphatic heterocycles. The molecule has 7 nitrogen and oxygen atoms in total. The van der Waals surface area contributed by atoms with E-state index in [1.807, 2.05) is 20.2 Å². The van der Waals surface area contributed by atoms with Gasteiger partial charge in [-0.05, 0) is 18.9 Å². The number of carbonyl (C=O) groups excluding carboxylic acids is 1. The Morgan fingerprint density at radius 2 is 2.15 bits per heavy atom. The molecule has 0 fully saturated rings. The van der Waals surface area contributed by atoms with Crippen molar-refractivity contribution in [2.75, 3.05) is 18.4 Å². The molecule has 20 heavy (non-hydrogen) atoms. The van der Waals surface area contributed by atoms with E-state index in [0.29, 0.717) is 18.1 Å². The van der Waals surface area contributed by atoms with E-state index >= 15 is 0 Å². The second-order valence-corrected chi connectivity index (χ2v) is 4.35. The maximum Gasteiger partial charge on any atom is 0.271 e. The van der Waals surface area contributed by atoms with Gasteiger partial charge >= 0.3 is 0 Å². The summed E-state index contributed by atoms with van der Waals surface area (Å²) in [5, 5.41) is 9.91. The number of nitrogens with one attached hydrogen (secondary N) is 2. The third-order valence-electron chi connectivity index (χ3n) is 2.70. The number of aryl methyl sites for hydroxylation is 1. The van der Waals surface area contributed by atoms with Gasteiger partial charge in [-0.3, -0.25) is 9.48 Å². The maximum absolute atomic E-state index is 11.9. The zero-order chi connectivity index (χ0) is 14.4. The van der Waals surface area contributed by atoms with Crippen LogP contribution in [0, 0.1) is 0 Å². The summed E-state index contributed by atoms with van der Waals surface area (Å²) in [5.74, 6) is 0.448. The summed E-state index contributed by atoms with van der Waals surface area (Å²) < 4.78 is 1.74. The van der Waals surface area contributed by atoms with Gasteiger partial charge in [-0.15, -0.1) is 0 Å². The molecule has 7 heteroatoms. The van der Waals surface area contributed by atoms with Crippen molar-refractivity contribution in [1.82, 2.24) is 25.1 Å². The fourth-order valence-electron chi connectivity index (χ4n) is 1.73. The van der Waals surface area contributed by atoms with Gasteiger partial charge in [0.1, 0.15) is 11.5 Å². The summed E-state index contributed by atoms with van der Waals surface area (Å²) >= 11 is 0. The molecule has 2 heterocycles. The third-order valence-corrected chi connectivity index (χ3v) is 2.70. The highest BCUT2D eigenvalue weighted by molar-refractivity contribution is 5.91. The molecule has 0 bridgehead atoms. The number of carbonyl (C=O) groups is 1. The zero-order valence-corrected chi connectivity index (χ0v) is 11.6. The monoisotopic (exact) mass is 274 g/mol. The van der Waals surface area contributed by atoms with E-state index < -0.39 is 0 Å². The van der Waals surface area contributed by atoms with Gasteiger partial charge in [-0.25, -0.2) is 9.97 Å². The van der Waals surface area contributed by atoms with Crippen LogP contribution in [0.4, 0.5) is 5.82 Å². The summed E-state index contributed by atoms with van der Waals surface area (Å²) in [4.78, 5) is 20.0. The lowest BCUT2D eigenvalue weighted by Crippen LogP contribution is -2.26. The minimum atomic E-state index is -0.218. The molecule has 0 radical (unpaired) electrons. The molecular weight excluding hydrogens is 256 g/mol. The van der Waals surface area contributed by atoms with Crippen LogP contribution < -0.4 is 10.6 Å². The number of hydrogen-bond acceptors (Lipinski definition) is 5. The normalized spacial score (nSPS) is 10.3. The Kier molecular flexibility index (Phi) is 4.65. The first-order valence-corrected chi connectivity index (χ1v) is 6.50. The van der Waals surface area contributed by atoms with Crippen LogP contribution in [0.3, 0.4) is 0 Å². The highest BCUT2D eigenvalue weighted by atomic mass is 16.1. The van der Waals surface area contributed by atoms with Crippen LogP contribution in [-0.2, 0) is 13.5 Å². The lowest BCUT2D eigenvalue weighted by Gasteiger charge is -2.05. The maximum atomic E-state index is 11.9. The van der Waals surface area contributed by atoms with Gasteiger partial charge in [-0.2, -0.15) is 5.10 Å². The molecule has 0 aliphatic rings. The molecule has 2 rings (SSSR count). The van der Waals surface area contributed by atoms with Crippen molar-refractivity contribution in [3.63, 3.8) is 0 Å². The molecular formula is C13H18N6O. The molecule has 2 N–H and O–H groups in total. The fraction of sp³-hybridized carbons (Fsp3) is 0.385. The SMILES string of the molecule is CCNc1cnc(C(=O)NCCc2cnn(C)c2)cn1. The zero-order valence-electron chi connectivity index (χ0n) is 11.6. The number of aromatic nitrogens is 4. The Morgan fingerprint density at radius 1 is 1.30 bits per heavy atom. The van der Waals surface area contributed by atoms with E-state index in [1.54, 1.807) is 17.1 Å². The van der Waals surface area contributed by atoms with Crippen LogP contribution in [-0.4, -0.2) is 38.7 Å². The summed E-state index contributed by atoms with van der Waals surface area (Å²) in [6, 6.07) is 0. The number of nitrogens with zero attached hydrogens (tertiary/aromatic N) is 4. The molecule has 0 unspecified atom stereocenters.